The predicted molar refractivity (Wildman–Crippen MR) is 82.8 cm³/mol. The van der Waals surface area contributed by atoms with Gasteiger partial charge in [-0.15, -0.1) is 0 Å². The first-order valence-corrected chi connectivity index (χ1v) is 7.46. The van der Waals surface area contributed by atoms with Gasteiger partial charge >= 0.3 is 0 Å². The van der Waals surface area contributed by atoms with Crippen molar-refractivity contribution in [3.8, 4) is 0 Å². The molecule has 2 atom stereocenters. The first-order chi connectivity index (χ1) is 9.08. The summed E-state index contributed by atoms with van der Waals surface area (Å²) in [5, 5.41) is 3.71. The maximum absolute atomic E-state index is 4.46. The Morgan fingerprint density at radius 1 is 1.32 bits per heavy atom. The fourth-order valence-electron chi connectivity index (χ4n) is 3.05. The molecule has 0 spiro atoms. The summed E-state index contributed by atoms with van der Waals surface area (Å²) in [4.78, 5) is 6.54. The van der Waals surface area contributed by atoms with Gasteiger partial charge in [0.15, 0.2) is 5.82 Å². The van der Waals surface area contributed by atoms with Gasteiger partial charge in [0.05, 0.1) is 5.69 Å². The van der Waals surface area contributed by atoms with Crippen molar-refractivity contribution < 1.29 is 0 Å². The zero-order valence-corrected chi connectivity index (χ0v) is 12.7. The number of nitrogens with one attached hydrogen (secondary N) is 1. The average molecular weight is 261 g/mol. The van der Waals surface area contributed by atoms with Gasteiger partial charge in [-0.1, -0.05) is 26.7 Å². The number of nitrogens with zero attached hydrogens (tertiary/aromatic N) is 2. The SMILES string of the molecule is CC(C)C1CCCC(Nc2cccnc2N(C)C)C1. The molecule has 0 amide bonds. The lowest BCUT2D eigenvalue weighted by molar-refractivity contribution is 0.264. The lowest BCUT2D eigenvalue weighted by Crippen LogP contribution is -2.30. The van der Waals surface area contributed by atoms with Crippen molar-refractivity contribution in [3.05, 3.63) is 18.3 Å². The molecule has 1 saturated carbocycles. The van der Waals surface area contributed by atoms with Crippen molar-refractivity contribution in [1.82, 2.24) is 4.98 Å². The summed E-state index contributed by atoms with van der Waals surface area (Å²) in [6.07, 6.45) is 7.17. The van der Waals surface area contributed by atoms with Crippen molar-refractivity contribution >= 4 is 11.5 Å². The Morgan fingerprint density at radius 3 is 2.79 bits per heavy atom. The zero-order chi connectivity index (χ0) is 13.8. The van der Waals surface area contributed by atoms with Crippen LogP contribution in [-0.4, -0.2) is 25.1 Å². The molecule has 0 aromatic carbocycles. The molecule has 1 aromatic heterocycles. The number of rotatable bonds is 4. The van der Waals surface area contributed by atoms with Crippen molar-refractivity contribution in [1.29, 1.82) is 0 Å². The van der Waals surface area contributed by atoms with E-state index in [1.165, 1.54) is 31.4 Å². The summed E-state index contributed by atoms with van der Waals surface area (Å²) in [5.41, 5.74) is 1.17. The van der Waals surface area contributed by atoms with Crippen molar-refractivity contribution in [3.63, 3.8) is 0 Å². The van der Waals surface area contributed by atoms with Crippen LogP contribution < -0.4 is 10.2 Å². The molecule has 0 radical (unpaired) electrons. The summed E-state index contributed by atoms with van der Waals surface area (Å²) < 4.78 is 0. The van der Waals surface area contributed by atoms with Crippen molar-refractivity contribution in [2.45, 2.75) is 45.6 Å². The van der Waals surface area contributed by atoms with Crippen LogP contribution in [0.3, 0.4) is 0 Å². The topological polar surface area (TPSA) is 28.2 Å². The first kappa shape index (κ1) is 14.2. The molecule has 1 aromatic rings. The summed E-state index contributed by atoms with van der Waals surface area (Å²) in [6.45, 7) is 4.70. The molecule has 1 heterocycles. The van der Waals surface area contributed by atoms with Gasteiger partial charge in [-0.3, -0.25) is 0 Å². The van der Waals surface area contributed by atoms with E-state index < -0.39 is 0 Å². The van der Waals surface area contributed by atoms with E-state index in [9.17, 15) is 0 Å². The molecule has 0 saturated heterocycles. The Bertz CT molecular complexity index is 401. The summed E-state index contributed by atoms with van der Waals surface area (Å²) in [6, 6.07) is 4.75. The van der Waals surface area contributed by atoms with E-state index in [2.05, 4.69) is 35.1 Å². The van der Waals surface area contributed by atoms with Crippen LogP contribution in [0.25, 0.3) is 0 Å². The highest BCUT2D eigenvalue weighted by Gasteiger charge is 2.24. The van der Waals surface area contributed by atoms with Gasteiger partial charge < -0.3 is 10.2 Å². The maximum Gasteiger partial charge on any atom is 0.151 e. The quantitative estimate of drug-likeness (QED) is 0.894. The molecule has 1 N–H and O–H groups in total. The lowest BCUT2D eigenvalue weighted by atomic mass is 9.79. The molecule has 2 unspecified atom stereocenters. The van der Waals surface area contributed by atoms with Crippen LogP contribution in [0.2, 0.25) is 0 Å². The highest BCUT2D eigenvalue weighted by Crippen LogP contribution is 2.32. The first-order valence-electron chi connectivity index (χ1n) is 7.46. The van der Waals surface area contributed by atoms with Gasteiger partial charge in [0.1, 0.15) is 0 Å². The van der Waals surface area contributed by atoms with Gasteiger partial charge in [-0.05, 0) is 36.8 Å². The van der Waals surface area contributed by atoms with Crippen LogP contribution in [0.15, 0.2) is 18.3 Å². The zero-order valence-electron chi connectivity index (χ0n) is 12.7. The Morgan fingerprint density at radius 2 is 2.11 bits per heavy atom. The van der Waals surface area contributed by atoms with E-state index in [1.807, 2.05) is 26.4 Å². The van der Waals surface area contributed by atoms with E-state index in [0.29, 0.717) is 6.04 Å². The molecule has 1 aliphatic carbocycles. The number of hydrogen-bond acceptors (Lipinski definition) is 3. The molecule has 2 rings (SSSR count). The predicted octanol–water partition coefficient (Wildman–Crippen LogP) is 3.77. The van der Waals surface area contributed by atoms with Gasteiger partial charge in [0.25, 0.3) is 0 Å². The van der Waals surface area contributed by atoms with Crippen molar-refractivity contribution in [2.75, 3.05) is 24.3 Å². The standard InChI is InChI=1S/C16H27N3/c1-12(2)13-7-5-8-14(11-13)18-15-9-6-10-17-16(15)19(3)4/h6,9-10,12-14,18H,5,7-8,11H2,1-4H3. The average Bonchev–Trinajstić information content (AvgIpc) is 2.39. The molecule has 3 nitrogen and oxygen atoms in total. The smallest absolute Gasteiger partial charge is 0.151 e. The molecule has 106 valence electrons. The van der Waals surface area contributed by atoms with Gasteiger partial charge in [-0.25, -0.2) is 4.98 Å². The summed E-state index contributed by atoms with van der Waals surface area (Å²) in [7, 11) is 4.09. The van der Waals surface area contributed by atoms with Crippen LogP contribution >= 0.6 is 0 Å². The monoisotopic (exact) mass is 261 g/mol. The lowest BCUT2D eigenvalue weighted by Gasteiger charge is -2.33. The van der Waals surface area contributed by atoms with E-state index in [-0.39, 0.29) is 0 Å². The number of hydrogen-bond donors (Lipinski definition) is 1. The number of anilines is 2. The van der Waals surface area contributed by atoms with E-state index in [1.54, 1.807) is 0 Å². The normalized spacial score (nSPS) is 23.4. The molecule has 0 bridgehead atoms. The third kappa shape index (κ3) is 3.62. The molecule has 1 aliphatic rings. The second kappa shape index (κ2) is 6.27. The van der Waals surface area contributed by atoms with Crippen LogP contribution in [0, 0.1) is 11.8 Å². The molecule has 19 heavy (non-hydrogen) atoms. The van der Waals surface area contributed by atoms with Crippen LogP contribution in [-0.2, 0) is 0 Å². The largest absolute Gasteiger partial charge is 0.379 e. The number of aromatic nitrogens is 1. The minimum atomic E-state index is 0.601. The van der Waals surface area contributed by atoms with E-state index in [4.69, 9.17) is 0 Å². The maximum atomic E-state index is 4.46. The molecule has 1 fully saturated rings. The van der Waals surface area contributed by atoms with Crippen LogP contribution in [0.5, 0.6) is 0 Å². The Kier molecular flexibility index (Phi) is 4.67. The van der Waals surface area contributed by atoms with Gasteiger partial charge in [-0.2, -0.15) is 0 Å². The van der Waals surface area contributed by atoms with Crippen molar-refractivity contribution in [2.24, 2.45) is 11.8 Å². The summed E-state index contributed by atoms with van der Waals surface area (Å²) >= 11 is 0. The van der Waals surface area contributed by atoms with Crippen LogP contribution in [0.4, 0.5) is 11.5 Å². The minimum Gasteiger partial charge on any atom is -0.379 e. The number of pyridine rings is 1. The Labute approximate surface area is 117 Å². The fourth-order valence-corrected chi connectivity index (χ4v) is 3.05. The van der Waals surface area contributed by atoms with E-state index in [0.717, 1.165) is 17.7 Å². The highest BCUT2D eigenvalue weighted by molar-refractivity contribution is 5.65. The molecular formula is C16H27N3. The van der Waals surface area contributed by atoms with E-state index >= 15 is 0 Å². The second-order valence-corrected chi connectivity index (χ2v) is 6.28. The fraction of sp³-hybridized carbons (Fsp3) is 0.688. The van der Waals surface area contributed by atoms with Gasteiger partial charge in [0, 0.05) is 26.3 Å². The molecule has 3 heteroatoms. The second-order valence-electron chi connectivity index (χ2n) is 6.28. The third-order valence-corrected chi connectivity index (χ3v) is 4.23. The highest BCUT2D eigenvalue weighted by atomic mass is 15.2. The minimum absolute atomic E-state index is 0.601. The molecular weight excluding hydrogens is 234 g/mol. The summed E-state index contributed by atoms with van der Waals surface area (Å²) in [5.74, 6) is 2.70. The third-order valence-electron chi connectivity index (χ3n) is 4.23. The Balaban J connectivity index is 2.04. The van der Waals surface area contributed by atoms with Crippen LogP contribution in [0.1, 0.15) is 39.5 Å². The van der Waals surface area contributed by atoms with Gasteiger partial charge in [0.2, 0.25) is 0 Å². The Hall–Kier alpha value is -1.25. The molecule has 0 aliphatic heterocycles.